The highest BCUT2D eigenvalue weighted by Gasteiger charge is 2.21. The first-order chi connectivity index (χ1) is 16.3. The lowest BCUT2D eigenvalue weighted by Crippen LogP contribution is -2.25. The highest BCUT2D eigenvalue weighted by atomic mass is 16.5. The Hall–Kier alpha value is -3.04. The van der Waals surface area contributed by atoms with Crippen LogP contribution in [-0.4, -0.2) is 31.1 Å². The molecule has 0 bridgehead atoms. The first-order valence-corrected chi connectivity index (χ1v) is 12.4. The van der Waals surface area contributed by atoms with Crippen molar-refractivity contribution < 1.29 is 9.15 Å². The third-order valence-electron chi connectivity index (χ3n) is 7.21. The van der Waals surface area contributed by atoms with Gasteiger partial charge < -0.3 is 9.15 Å². The van der Waals surface area contributed by atoms with Crippen LogP contribution in [0.4, 0.5) is 0 Å². The summed E-state index contributed by atoms with van der Waals surface area (Å²) in [5.41, 5.74) is 7.42. The number of hydrogen-bond donors (Lipinski definition) is 0. The van der Waals surface area contributed by atoms with Crippen LogP contribution in [0.3, 0.4) is 0 Å². The van der Waals surface area contributed by atoms with Crippen LogP contribution in [0, 0.1) is 0 Å². The number of hydrogen-bond acceptors (Lipinski definition) is 3. The molecular weight excluding hydrogens is 406 g/mol. The van der Waals surface area contributed by atoms with Crippen molar-refractivity contribution in [3.05, 3.63) is 77.9 Å². The topological polar surface area (TPSA) is 25.6 Å². The van der Waals surface area contributed by atoms with E-state index in [4.69, 9.17) is 9.15 Å². The zero-order chi connectivity index (χ0) is 22.0. The Balaban J connectivity index is 1.35. The third-order valence-corrected chi connectivity index (χ3v) is 7.21. The summed E-state index contributed by atoms with van der Waals surface area (Å²) >= 11 is 0. The molecule has 1 saturated heterocycles. The third kappa shape index (κ3) is 4.18. The quantitative estimate of drug-likeness (QED) is 0.321. The van der Waals surface area contributed by atoms with Gasteiger partial charge in [0.25, 0.3) is 0 Å². The summed E-state index contributed by atoms with van der Waals surface area (Å²) in [6.07, 6.45) is 7.52. The monoisotopic (exact) mass is 437 g/mol. The van der Waals surface area contributed by atoms with Crippen LogP contribution in [0.1, 0.15) is 36.8 Å². The molecule has 1 aromatic heterocycles. The fourth-order valence-electron chi connectivity index (χ4n) is 5.42. The minimum Gasteiger partial charge on any atom is -0.492 e. The molecule has 0 N–H and O–H groups in total. The van der Waals surface area contributed by atoms with Gasteiger partial charge in [-0.25, -0.2) is 0 Å². The largest absolute Gasteiger partial charge is 0.492 e. The highest BCUT2D eigenvalue weighted by Crippen LogP contribution is 2.43. The minimum absolute atomic E-state index is 0.745. The van der Waals surface area contributed by atoms with Gasteiger partial charge in [0, 0.05) is 23.1 Å². The molecule has 33 heavy (non-hydrogen) atoms. The van der Waals surface area contributed by atoms with Gasteiger partial charge in [0.1, 0.15) is 23.7 Å². The van der Waals surface area contributed by atoms with E-state index in [1.54, 1.807) is 0 Å². The molecule has 3 nitrogen and oxygen atoms in total. The van der Waals surface area contributed by atoms with Crippen molar-refractivity contribution >= 4 is 11.0 Å². The van der Waals surface area contributed by atoms with Crippen LogP contribution in [0.2, 0.25) is 0 Å². The van der Waals surface area contributed by atoms with Gasteiger partial charge in [-0.1, -0.05) is 42.5 Å². The predicted molar refractivity (Wildman–Crippen MR) is 135 cm³/mol. The average molecular weight is 438 g/mol. The predicted octanol–water partition coefficient (Wildman–Crippen LogP) is 7.12. The summed E-state index contributed by atoms with van der Waals surface area (Å²) in [7, 11) is 0. The van der Waals surface area contributed by atoms with Crippen molar-refractivity contribution in [2.24, 2.45) is 0 Å². The van der Waals surface area contributed by atoms with Gasteiger partial charge in [-0.05, 0) is 92.6 Å². The Labute approximate surface area is 196 Å². The van der Waals surface area contributed by atoms with E-state index in [0.29, 0.717) is 0 Å². The Bertz CT molecular complexity index is 1230. The van der Waals surface area contributed by atoms with E-state index in [1.165, 1.54) is 72.8 Å². The molecule has 0 saturated carbocycles. The lowest BCUT2D eigenvalue weighted by molar-refractivity contribution is 0.238. The number of nitrogens with zero attached hydrogens (tertiary/aromatic N) is 1. The van der Waals surface area contributed by atoms with Crippen LogP contribution in [0.5, 0.6) is 5.75 Å². The molecule has 3 heteroatoms. The standard InChI is InChI=1S/C30H31NO2/c1-2-8-23(9-3-1)30-29(27-20-24-10-4-5-11-25(24)21-28(27)33-30)22-12-14-26(15-13-22)32-19-18-31-16-6-7-17-31/h1-3,8-9,12-15,20-21H,4-7,10-11,16-19H2. The van der Waals surface area contributed by atoms with Crippen LogP contribution in [0.15, 0.2) is 71.1 Å². The molecule has 3 aromatic carbocycles. The van der Waals surface area contributed by atoms with Crippen LogP contribution < -0.4 is 4.74 Å². The molecule has 168 valence electrons. The molecular formula is C30H31NO2. The van der Waals surface area contributed by atoms with Crippen LogP contribution in [-0.2, 0) is 12.8 Å². The van der Waals surface area contributed by atoms with Gasteiger partial charge >= 0.3 is 0 Å². The van der Waals surface area contributed by atoms with Gasteiger partial charge in [-0.15, -0.1) is 0 Å². The summed E-state index contributed by atoms with van der Waals surface area (Å²) in [4.78, 5) is 2.48. The Morgan fingerprint density at radius 3 is 2.24 bits per heavy atom. The molecule has 0 unspecified atom stereocenters. The number of rotatable bonds is 6. The number of aryl methyl sites for hydroxylation is 2. The van der Waals surface area contributed by atoms with E-state index in [9.17, 15) is 0 Å². The molecule has 1 fully saturated rings. The second kappa shape index (κ2) is 9.07. The molecule has 0 atom stereocenters. The molecule has 0 spiro atoms. The van der Waals surface area contributed by atoms with Crippen molar-refractivity contribution in [2.45, 2.75) is 38.5 Å². The maximum Gasteiger partial charge on any atom is 0.143 e. The van der Waals surface area contributed by atoms with Crippen molar-refractivity contribution in [2.75, 3.05) is 26.2 Å². The van der Waals surface area contributed by atoms with Gasteiger partial charge in [0.15, 0.2) is 0 Å². The SMILES string of the molecule is c1ccc(-c2oc3cc4c(cc3c2-c2ccc(OCCN3CCCC3)cc2)CCCC4)cc1. The second-order valence-corrected chi connectivity index (χ2v) is 9.42. The van der Waals surface area contributed by atoms with E-state index < -0.39 is 0 Å². The van der Waals surface area contributed by atoms with Gasteiger partial charge in [0.2, 0.25) is 0 Å². The van der Waals surface area contributed by atoms with Gasteiger partial charge in [-0.3, -0.25) is 4.90 Å². The lowest BCUT2D eigenvalue weighted by Gasteiger charge is -2.15. The fourth-order valence-corrected chi connectivity index (χ4v) is 5.42. The summed E-state index contributed by atoms with van der Waals surface area (Å²) in [5, 5.41) is 1.22. The Kier molecular flexibility index (Phi) is 5.65. The van der Waals surface area contributed by atoms with Gasteiger partial charge in [-0.2, -0.15) is 0 Å². The molecule has 0 amide bonds. The van der Waals surface area contributed by atoms with Crippen molar-refractivity contribution in [3.63, 3.8) is 0 Å². The summed E-state index contributed by atoms with van der Waals surface area (Å²) in [5.74, 6) is 1.89. The van der Waals surface area contributed by atoms with E-state index in [1.807, 2.05) is 0 Å². The van der Waals surface area contributed by atoms with E-state index in [-0.39, 0.29) is 0 Å². The smallest absolute Gasteiger partial charge is 0.143 e. The first kappa shape index (κ1) is 20.6. The zero-order valence-electron chi connectivity index (χ0n) is 19.2. The van der Waals surface area contributed by atoms with Gasteiger partial charge in [0.05, 0.1) is 0 Å². The van der Waals surface area contributed by atoms with Crippen molar-refractivity contribution in [1.82, 2.24) is 4.90 Å². The molecule has 4 aromatic rings. The second-order valence-electron chi connectivity index (χ2n) is 9.42. The minimum atomic E-state index is 0.745. The molecule has 0 radical (unpaired) electrons. The fraction of sp³-hybridized carbons (Fsp3) is 0.333. The molecule has 6 rings (SSSR count). The molecule has 2 heterocycles. The van der Waals surface area contributed by atoms with Crippen LogP contribution >= 0.6 is 0 Å². The van der Waals surface area contributed by atoms with Crippen LogP contribution in [0.25, 0.3) is 33.4 Å². The van der Waals surface area contributed by atoms with Crippen molar-refractivity contribution in [1.29, 1.82) is 0 Å². The highest BCUT2D eigenvalue weighted by molar-refractivity contribution is 6.02. The Morgan fingerprint density at radius 1 is 0.758 bits per heavy atom. The maximum absolute atomic E-state index is 6.52. The zero-order valence-corrected chi connectivity index (χ0v) is 19.2. The average Bonchev–Trinajstić information content (AvgIpc) is 3.51. The number of benzene rings is 3. The summed E-state index contributed by atoms with van der Waals surface area (Å²) in [6.45, 7) is 4.18. The number of furan rings is 1. The number of ether oxygens (including phenoxy) is 1. The normalized spacial score (nSPS) is 16.2. The number of likely N-dealkylation sites (tertiary alicyclic amines) is 1. The number of fused-ring (bicyclic) bond motifs is 2. The van der Waals surface area contributed by atoms with E-state index in [0.717, 1.165) is 42.2 Å². The Morgan fingerprint density at radius 2 is 1.48 bits per heavy atom. The summed E-state index contributed by atoms with van der Waals surface area (Å²) in [6, 6.07) is 23.7. The summed E-state index contributed by atoms with van der Waals surface area (Å²) < 4.78 is 12.6. The molecule has 1 aliphatic heterocycles. The van der Waals surface area contributed by atoms with E-state index >= 15 is 0 Å². The van der Waals surface area contributed by atoms with E-state index in [2.05, 4.69) is 71.6 Å². The molecule has 1 aliphatic carbocycles. The molecule has 2 aliphatic rings. The maximum atomic E-state index is 6.52. The van der Waals surface area contributed by atoms with Crippen molar-refractivity contribution in [3.8, 4) is 28.2 Å². The first-order valence-electron chi connectivity index (χ1n) is 12.4. The lowest BCUT2D eigenvalue weighted by atomic mass is 9.89.